The Morgan fingerprint density at radius 2 is 1.70 bits per heavy atom. The number of halogens is 2. The van der Waals surface area contributed by atoms with Crippen LogP contribution in [0.3, 0.4) is 0 Å². The van der Waals surface area contributed by atoms with Gasteiger partial charge in [0.2, 0.25) is 0 Å². The highest BCUT2D eigenvalue weighted by Crippen LogP contribution is 2.31. The van der Waals surface area contributed by atoms with E-state index in [1.807, 2.05) is 19.1 Å². The largest absolute Gasteiger partial charge is 0.372 e. The molecule has 0 bridgehead atoms. The predicted octanol–water partition coefficient (Wildman–Crippen LogP) is 5.55. The SMILES string of the molecule is CCN(CC)c1ccc(N=C2C(C)=Nn3c2nc2cc(Cl)c(Cl)cc23)cc1. The van der Waals surface area contributed by atoms with Crippen LogP contribution in [0.4, 0.5) is 11.4 Å². The van der Waals surface area contributed by atoms with E-state index in [1.54, 1.807) is 16.8 Å². The molecular formula is C20H19Cl2N5. The zero-order valence-electron chi connectivity index (χ0n) is 15.4. The Morgan fingerprint density at radius 1 is 1.04 bits per heavy atom. The summed E-state index contributed by atoms with van der Waals surface area (Å²) in [4.78, 5) is 11.8. The molecule has 2 heterocycles. The first-order valence-electron chi connectivity index (χ1n) is 8.89. The highest BCUT2D eigenvalue weighted by molar-refractivity contribution is 6.49. The van der Waals surface area contributed by atoms with E-state index < -0.39 is 0 Å². The molecule has 1 aromatic heterocycles. The standard InChI is InChI=1S/C20H19Cl2N5/c1-4-26(5-2)14-8-6-13(7-9-14)23-19-12(3)25-27-18-11-16(22)15(21)10-17(18)24-20(19)27/h6-11H,4-5H2,1-3H3. The Balaban J connectivity index is 1.75. The zero-order valence-corrected chi connectivity index (χ0v) is 16.9. The number of imidazole rings is 1. The van der Waals surface area contributed by atoms with E-state index in [9.17, 15) is 0 Å². The second kappa shape index (κ2) is 6.98. The Bertz CT molecular complexity index is 1080. The maximum absolute atomic E-state index is 6.16. The molecule has 0 spiro atoms. The number of anilines is 1. The fourth-order valence-corrected chi connectivity index (χ4v) is 3.58. The van der Waals surface area contributed by atoms with Gasteiger partial charge in [-0.2, -0.15) is 5.10 Å². The molecule has 3 aromatic rings. The molecule has 0 N–H and O–H groups in total. The van der Waals surface area contributed by atoms with Crippen molar-refractivity contribution in [2.75, 3.05) is 18.0 Å². The van der Waals surface area contributed by atoms with Gasteiger partial charge in [-0.25, -0.2) is 14.7 Å². The Hall–Kier alpha value is -2.37. The average molecular weight is 400 g/mol. The molecule has 0 radical (unpaired) electrons. The highest BCUT2D eigenvalue weighted by atomic mass is 35.5. The number of benzene rings is 2. The third-order valence-corrected chi connectivity index (χ3v) is 5.42. The van der Waals surface area contributed by atoms with Crippen molar-refractivity contribution in [2.24, 2.45) is 10.1 Å². The second-order valence-corrected chi connectivity index (χ2v) is 7.15. The van der Waals surface area contributed by atoms with Crippen LogP contribution in [0.15, 0.2) is 46.5 Å². The lowest BCUT2D eigenvalue weighted by molar-refractivity contribution is 0.866. The van der Waals surface area contributed by atoms with Crippen LogP contribution in [0.1, 0.15) is 26.6 Å². The van der Waals surface area contributed by atoms with E-state index in [0.29, 0.717) is 15.9 Å². The van der Waals surface area contributed by atoms with Gasteiger partial charge < -0.3 is 4.90 Å². The van der Waals surface area contributed by atoms with Crippen molar-refractivity contribution in [1.29, 1.82) is 0 Å². The van der Waals surface area contributed by atoms with Gasteiger partial charge in [-0.1, -0.05) is 23.2 Å². The molecule has 0 saturated carbocycles. The number of hydrogen-bond acceptors (Lipinski definition) is 4. The highest BCUT2D eigenvalue weighted by Gasteiger charge is 2.25. The van der Waals surface area contributed by atoms with Crippen molar-refractivity contribution in [3.63, 3.8) is 0 Å². The second-order valence-electron chi connectivity index (χ2n) is 6.34. The Kier molecular flexibility index (Phi) is 4.66. The number of nitrogens with zero attached hydrogens (tertiary/aromatic N) is 5. The van der Waals surface area contributed by atoms with Crippen LogP contribution in [-0.4, -0.2) is 34.2 Å². The summed E-state index contributed by atoms with van der Waals surface area (Å²) in [6.45, 7) is 8.19. The van der Waals surface area contributed by atoms with Crippen LogP contribution in [0.25, 0.3) is 11.0 Å². The summed E-state index contributed by atoms with van der Waals surface area (Å²) in [7, 11) is 0. The van der Waals surface area contributed by atoms with Gasteiger partial charge in [-0.05, 0) is 57.2 Å². The maximum atomic E-state index is 6.16. The number of aromatic nitrogens is 2. The minimum absolute atomic E-state index is 0.479. The van der Waals surface area contributed by atoms with Crippen molar-refractivity contribution in [3.05, 3.63) is 52.3 Å². The van der Waals surface area contributed by atoms with Crippen LogP contribution >= 0.6 is 23.2 Å². The molecule has 7 heteroatoms. The molecule has 0 unspecified atom stereocenters. The molecule has 5 nitrogen and oxygen atoms in total. The van der Waals surface area contributed by atoms with Crippen molar-refractivity contribution >= 4 is 57.0 Å². The van der Waals surface area contributed by atoms with Crippen molar-refractivity contribution in [3.8, 4) is 0 Å². The van der Waals surface area contributed by atoms with E-state index >= 15 is 0 Å². The minimum atomic E-state index is 0.479. The summed E-state index contributed by atoms with van der Waals surface area (Å²) < 4.78 is 1.77. The van der Waals surface area contributed by atoms with Crippen molar-refractivity contribution < 1.29 is 0 Å². The van der Waals surface area contributed by atoms with E-state index in [4.69, 9.17) is 28.2 Å². The maximum Gasteiger partial charge on any atom is 0.182 e. The van der Waals surface area contributed by atoms with Crippen LogP contribution in [0.5, 0.6) is 0 Å². The molecule has 0 aliphatic carbocycles. The molecule has 0 fully saturated rings. The van der Waals surface area contributed by atoms with E-state index in [2.05, 4.69) is 41.0 Å². The predicted molar refractivity (Wildman–Crippen MR) is 114 cm³/mol. The summed E-state index contributed by atoms with van der Waals surface area (Å²) in [6, 6.07) is 11.8. The molecule has 27 heavy (non-hydrogen) atoms. The van der Waals surface area contributed by atoms with Crippen LogP contribution in [-0.2, 0) is 0 Å². The molecule has 2 aromatic carbocycles. The van der Waals surface area contributed by atoms with Gasteiger partial charge >= 0.3 is 0 Å². The third-order valence-electron chi connectivity index (χ3n) is 4.70. The minimum Gasteiger partial charge on any atom is -0.372 e. The Labute approximate surface area is 167 Å². The molecular weight excluding hydrogens is 381 g/mol. The molecule has 4 rings (SSSR count). The normalized spacial score (nSPS) is 14.7. The monoisotopic (exact) mass is 399 g/mol. The lowest BCUT2D eigenvalue weighted by atomic mass is 10.2. The quantitative estimate of drug-likeness (QED) is 0.577. The first-order chi connectivity index (χ1) is 13.0. The summed E-state index contributed by atoms with van der Waals surface area (Å²) in [5.74, 6) is 0.702. The fraction of sp³-hybridized carbons (Fsp3) is 0.250. The van der Waals surface area contributed by atoms with Gasteiger partial charge in [0.1, 0.15) is 5.71 Å². The number of fused-ring (bicyclic) bond motifs is 3. The van der Waals surface area contributed by atoms with E-state index in [-0.39, 0.29) is 0 Å². The van der Waals surface area contributed by atoms with E-state index in [1.165, 1.54) is 5.69 Å². The van der Waals surface area contributed by atoms with Gasteiger partial charge in [0, 0.05) is 18.8 Å². The summed E-state index contributed by atoms with van der Waals surface area (Å²) in [5, 5.41) is 5.55. The average Bonchev–Trinajstić information content (AvgIpc) is 3.14. The van der Waals surface area contributed by atoms with Crippen molar-refractivity contribution in [2.45, 2.75) is 20.8 Å². The van der Waals surface area contributed by atoms with Gasteiger partial charge in [0.15, 0.2) is 5.82 Å². The Morgan fingerprint density at radius 3 is 2.37 bits per heavy atom. The lowest BCUT2D eigenvalue weighted by Crippen LogP contribution is -2.21. The fourth-order valence-electron chi connectivity index (χ4n) is 3.26. The zero-order chi connectivity index (χ0) is 19.1. The van der Waals surface area contributed by atoms with Gasteiger partial charge in [0.25, 0.3) is 0 Å². The van der Waals surface area contributed by atoms with Gasteiger partial charge in [-0.3, -0.25) is 0 Å². The molecule has 1 aliphatic heterocycles. The number of hydrogen-bond donors (Lipinski definition) is 0. The molecule has 0 saturated heterocycles. The number of aliphatic imine (C=N–C) groups is 1. The topological polar surface area (TPSA) is 45.8 Å². The summed E-state index contributed by atoms with van der Waals surface area (Å²) >= 11 is 12.3. The molecule has 138 valence electrons. The molecule has 1 aliphatic rings. The summed E-state index contributed by atoms with van der Waals surface area (Å²) in [6.07, 6.45) is 0. The molecule has 0 atom stereocenters. The number of rotatable bonds is 4. The van der Waals surface area contributed by atoms with E-state index in [0.717, 1.165) is 41.2 Å². The van der Waals surface area contributed by atoms with Gasteiger partial charge in [-0.15, -0.1) is 0 Å². The smallest absolute Gasteiger partial charge is 0.182 e. The van der Waals surface area contributed by atoms with Crippen LogP contribution in [0, 0.1) is 0 Å². The van der Waals surface area contributed by atoms with Crippen LogP contribution in [0.2, 0.25) is 10.0 Å². The van der Waals surface area contributed by atoms with Gasteiger partial charge in [0.05, 0.1) is 32.5 Å². The third kappa shape index (κ3) is 3.11. The first kappa shape index (κ1) is 18.0. The first-order valence-corrected chi connectivity index (χ1v) is 9.65. The molecule has 0 amide bonds. The van der Waals surface area contributed by atoms with Crippen molar-refractivity contribution in [1.82, 2.24) is 9.66 Å². The van der Waals surface area contributed by atoms with Crippen LogP contribution < -0.4 is 4.90 Å². The summed E-state index contributed by atoms with van der Waals surface area (Å²) in [5.41, 5.74) is 5.21. The lowest BCUT2D eigenvalue weighted by Gasteiger charge is -2.20.